The molecule has 1 N–H and O–H groups in total. The number of carboxylic acids is 1. The van der Waals surface area contributed by atoms with E-state index in [1.54, 1.807) is 13.0 Å². The van der Waals surface area contributed by atoms with Crippen LogP contribution >= 0.6 is 0 Å². The van der Waals surface area contributed by atoms with Crippen LogP contribution in [0, 0.1) is 0 Å². The van der Waals surface area contributed by atoms with Gasteiger partial charge in [0.2, 0.25) is 0 Å². The molecule has 1 unspecified atom stereocenters. The molecule has 0 aromatic rings. The molecule has 86 valence electrons. The molecule has 0 aliphatic carbocycles. The normalized spacial score (nSPS) is 25.5. The Morgan fingerprint density at radius 1 is 1.53 bits per heavy atom. The van der Waals surface area contributed by atoms with Crippen LogP contribution in [0.4, 0.5) is 0 Å². The first-order valence-corrected chi connectivity index (χ1v) is 5.33. The monoisotopic (exact) mass is 212 g/mol. The van der Waals surface area contributed by atoms with Crippen molar-refractivity contribution < 1.29 is 9.90 Å². The van der Waals surface area contributed by atoms with Gasteiger partial charge in [-0.25, -0.2) is 4.79 Å². The molecule has 0 spiro atoms. The van der Waals surface area contributed by atoms with Gasteiger partial charge in [0.15, 0.2) is 0 Å². The summed E-state index contributed by atoms with van der Waals surface area (Å²) in [6.45, 7) is 7.67. The number of piperazine rings is 1. The van der Waals surface area contributed by atoms with Crippen molar-refractivity contribution in [1.29, 1.82) is 0 Å². The lowest BCUT2D eigenvalue weighted by Gasteiger charge is -2.37. The van der Waals surface area contributed by atoms with Crippen molar-refractivity contribution in [3.8, 4) is 0 Å². The van der Waals surface area contributed by atoms with Crippen molar-refractivity contribution >= 4 is 5.97 Å². The molecule has 1 aliphatic rings. The fourth-order valence-corrected chi connectivity index (χ4v) is 1.64. The van der Waals surface area contributed by atoms with Gasteiger partial charge in [-0.1, -0.05) is 6.08 Å². The summed E-state index contributed by atoms with van der Waals surface area (Å²) >= 11 is 0. The van der Waals surface area contributed by atoms with Crippen LogP contribution in [-0.4, -0.2) is 60.1 Å². The highest BCUT2D eigenvalue weighted by molar-refractivity contribution is 5.85. The first-order chi connectivity index (χ1) is 7.00. The summed E-state index contributed by atoms with van der Waals surface area (Å²) in [6.07, 6.45) is 1.79. The van der Waals surface area contributed by atoms with E-state index in [0.29, 0.717) is 11.6 Å². The molecular formula is C11H20N2O2. The van der Waals surface area contributed by atoms with Crippen molar-refractivity contribution in [3.63, 3.8) is 0 Å². The van der Waals surface area contributed by atoms with Gasteiger partial charge in [0.05, 0.1) is 0 Å². The quantitative estimate of drug-likeness (QED) is 0.698. The van der Waals surface area contributed by atoms with E-state index in [9.17, 15) is 4.79 Å². The van der Waals surface area contributed by atoms with E-state index < -0.39 is 5.97 Å². The van der Waals surface area contributed by atoms with Crippen molar-refractivity contribution in [2.75, 3.05) is 33.2 Å². The van der Waals surface area contributed by atoms with Gasteiger partial charge in [-0.15, -0.1) is 0 Å². The Morgan fingerprint density at radius 3 is 2.73 bits per heavy atom. The topological polar surface area (TPSA) is 43.8 Å². The first-order valence-electron chi connectivity index (χ1n) is 5.33. The number of nitrogens with zero attached hydrogens (tertiary/aromatic N) is 2. The van der Waals surface area contributed by atoms with E-state index in [-0.39, 0.29) is 0 Å². The Morgan fingerprint density at radius 2 is 2.20 bits per heavy atom. The minimum Gasteiger partial charge on any atom is -0.478 e. The van der Waals surface area contributed by atoms with E-state index in [4.69, 9.17) is 5.11 Å². The number of hydrogen-bond donors (Lipinski definition) is 1. The van der Waals surface area contributed by atoms with Gasteiger partial charge < -0.3 is 10.0 Å². The van der Waals surface area contributed by atoms with Crippen molar-refractivity contribution in [1.82, 2.24) is 9.80 Å². The van der Waals surface area contributed by atoms with E-state index in [1.807, 2.05) is 0 Å². The van der Waals surface area contributed by atoms with E-state index in [2.05, 4.69) is 23.8 Å². The van der Waals surface area contributed by atoms with Crippen LogP contribution in [0.3, 0.4) is 0 Å². The van der Waals surface area contributed by atoms with Gasteiger partial charge in [-0.05, 0) is 20.9 Å². The van der Waals surface area contributed by atoms with Crippen LogP contribution in [0.2, 0.25) is 0 Å². The van der Waals surface area contributed by atoms with Gasteiger partial charge in [-0.3, -0.25) is 4.90 Å². The molecule has 1 fully saturated rings. The molecule has 4 heteroatoms. The highest BCUT2D eigenvalue weighted by Crippen LogP contribution is 2.07. The molecule has 0 aromatic carbocycles. The molecule has 1 aliphatic heterocycles. The van der Waals surface area contributed by atoms with Gasteiger partial charge in [0.1, 0.15) is 0 Å². The largest absolute Gasteiger partial charge is 0.478 e. The van der Waals surface area contributed by atoms with Crippen molar-refractivity contribution in [2.24, 2.45) is 0 Å². The lowest BCUT2D eigenvalue weighted by Crippen LogP contribution is -2.49. The van der Waals surface area contributed by atoms with Crippen LogP contribution in [0.25, 0.3) is 0 Å². The number of likely N-dealkylation sites (N-methyl/N-ethyl adjacent to an activating group) is 1. The molecule has 4 nitrogen and oxygen atoms in total. The first kappa shape index (κ1) is 12.2. The van der Waals surface area contributed by atoms with Gasteiger partial charge in [-0.2, -0.15) is 0 Å². The standard InChI is InChI=1S/C11H20N2O2/c1-9(11(14)15)4-5-13-7-6-12(3)10(2)8-13/h4,10H,5-8H2,1-3H3,(H,14,15). The Hall–Kier alpha value is -0.870. The number of hydrogen-bond acceptors (Lipinski definition) is 3. The van der Waals surface area contributed by atoms with Crippen LogP contribution in [0.5, 0.6) is 0 Å². The van der Waals surface area contributed by atoms with Crippen LogP contribution < -0.4 is 0 Å². The third kappa shape index (κ3) is 3.64. The lowest BCUT2D eigenvalue weighted by molar-refractivity contribution is -0.132. The van der Waals surface area contributed by atoms with E-state index >= 15 is 0 Å². The highest BCUT2D eigenvalue weighted by atomic mass is 16.4. The maximum Gasteiger partial charge on any atom is 0.330 e. The fraction of sp³-hybridized carbons (Fsp3) is 0.727. The van der Waals surface area contributed by atoms with Gasteiger partial charge in [0.25, 0.3) is 0 Å². The number of rotatable bonds is 3. The zero-order valence-electron chi connectivity index (χ0n) is 9.73. The molecule has 15 heavy (non-hydrogen) atoms. The van der Waals surface area contributed by atoms with Crippen LogP contribution in [-0.2, 0) is 4.79 Å². The second-order valence-electron chi connectivity index (χ2n) is 4.28. The smallest absolute Gasteiger partial charge is 0.330 e. The van der Waals surface area contributed by atoms with E-state index in [1.165, 1.54) is 0 Å². The Kier molecular flexibility index (Phi) is 4.29. The summed E-state index contributed by atoms with van der Waals surface area (Å²) in [7, 11) is 2.13. The third-order valence-corrected chi connectivity index (χ3v) is 3.04. The summed E-state index contributed by atoms with van der Waals surface area (Å²) in [6, 6.07) is 0.553. The zero-order valence-corrected chi connectivity index (χ0v) is 9.73. The SMILES string of the molecule is CC(=CCN1CCN(C)C(C)C1)C(=O)O. The molecule has 0 aromatic heterocycles. The summed E-state index contributed by atoms with van der Waals surface area (Å²) in [5.74, 6) is -0.822. The van der Waals surface area contributed by atoms with Crippen molar-refractivity contribution in [3.05, 3.63) is 11.6 Å². The number of carbonyl (C=O) groups is 1. The maximum atomic E-state index is 10.6. The molecular weight excluding hydrogens is 192 g/mol. The summed E-state index contributed by atoms with van der Waals surface area (Å²) in [5, 5.41) is 8.71. The maximum absolute atomic E-state index is 10.6. The predicted molar refractivity (Wildman–Crippen MR) is 59.9 cm³/mol. The highest BCUT2D eigenvalue weighted by Gasteiger charge is 2.19. The number of aliphatic carboxylic acids is 1. The van der Waals surface area contributed by atoms with E-state index in [0.717, 1.165) is 26.2 Å². The molecule has 1 heterocycles. The van der Waals surface area contributed by atoms with Crippen molar-refractivity contribution in [2.45, 2.75) is 19.9 Å². The predicted octanol–water partition coefficient (Wildman–Crippen LogP) is 0.653. The zero-order chi connectivity index (χ0) is 11.4. The average molecular weight is 212 g/mol. The molecule has 1 atom stereocenters. The Labute approximate surface area is 91.2 Å². The fourth-order valence-electron chi connectivity index (χ4n) is 1.64. The minimum absolute atomic E-state index is 0.432. The second kappa shape index (κ2) is 5.28. The summed E-state index contributed by atoms with van der Waals surface area (Å²) in [5.41, 5.74) is 0.432. The molecule has 0 bridgehead atoms. The second-order valence-corrected chi connectivity index (χ2v) is 4.28. The molecule has 1 saturated heterocycles. The molecule has 0 radical (unpaired) electrons. The average Bonchev–Trinajstić information content (AvgIpc) is 2.19. The summed E-state index contributed by atoms with van der Waals surface area (Å²) < 4.78 is 0. The molecule has 0 amide bonds. The van der Waals surface area contributed by atoms with Crippen LogP contribution in [0.1, 0.15) is 13.8 Å². The lowest BCUT2D eigenvalue weighted by atomic mass is 10.2. The number of carboxylic acid groups (broad SMARTS) is 1. The van der Waals surface area contributed by atoms with Crippen LogP contribution in [0.15, 0.2) is 11.6 Å². The molecule has 1 rings (SSSR count). The molecule has 0 saturated carbocycles. The summed E-state index contributed by atoms with van der Waals surface area (Å²) in [4.78, 5) is 15.2. The Balaban J connectivity index is 2.41. The minimum atomic E-state index is -0.822. The van der Waals surface area contributed by atoms with Gasteiger partial charge >= 0.3 is 5.97 Å². The Bertz CT molecular complexity index is 263. The van der Waals surface area contributed by atoms with Gasteiger partial charge in [0, 0.05) is 37.8 Å². The third-order valence-electron chi connectivity index (χ3n) is 3.04.